The molecule has 0 aliphatic heterocycles. The number of carboxylic acids is 1. The Morgan fingerprint density at radius 1 is 1.40 bits per heavy atom. The Hall–Kier alpha value is -2.58. The number of amides is 3. The molecule has 9 heteroatoms. The third-order valence-corrected chi connectivity index (χ3v) is 2.62. The zero-order chi connectivity index (χ0) is 15.3. The lowest BCUT2D eigenvalue weighted by molar-refractivity contribution is -0.140. The number of nitrogens with two attached hydrogens (primary N) is 1. The summed E-state index contributed by atoms with van der Waals surface area (Å²) in [6.45, 7) is 3.55. The van der Waals surface area contributed by atoms with Crippen molar-refractivity contribution in [2.24, 2.45) is 5.73 Å². The van der Waals surface area contributed by atoms with Gasteiger partial charge in [0.1, 0.15) is 11.8 Å². The van der Waals surface area contributed by atoms with Crippen LogP contribution in [0.4, 0.5) is 4.79 Å². The molecule has 0 spiro atoms. The van der Waals surface area contributed by atoms with E-state index in [0.717, 1.165) is 0 Å². The Kier molecular flexibility index (Phi) is 5.07. The van der Waals surface area contributed by atoms with Gasteiger partial charge in [-0.15, -0.1) is 0 Å². The van der Waals surface area contributed by atoms with Gasteiger partial charge in [0.25, 0.3) is 0 Å². The molecule has 9 nitrogen and oxygen atoms in total. The summed E-state index contributed by atoms with van der Waals surface area (Å²) < 4.78 is 4.92. The lowest BCUT2D eigenvalue weighted by Gasteiger charge is -2.13. The van der Waals surface area contributed by atoms with Crippen LogP contribution in [-0.2, 0) is 16.1 Å². The molecule has 1 rings (SSSR count). The van der Waals surface area contributed by atoms with Crippen LogP contribution in [0.5, 0.6) is 0 Å². The van der Waals surface area contributed by atoms with E-state index < -0.39 is 30.4 Å². The monoisotopic (exact) mass is 284 g/mol. The molecule has 0 radical (unpaired) electrons. The third kappa shape index (κ3) is 4.26. The highest BCUT2D eigenvalue weighted by Gasteiger charge is 2.22. The minimum absolute atomic E-state index is 0.135. The number of hydrogen-bond acceptors (Lipinski definition) is 5. The van der Waals surface area contributed by atoms with Crippen molar-refractivity contribution in [3.8, 4) is 0 Å². The van der Waals surface area contributed by atoms with Gasteiger partial charge in [-0.1, -0.05) is 5.16 Å². The summed E-state index contributed by atoms with van der Waals surface area (Å²) in [7, 11) is 0. The maximum atomic E-state index is 11.6. The molecule has 20 heavy (non-hydrogen) atoms. The topological polar surface area (TPSA) is 148 Å². The number of carbonyl (C=O) groups is 3. The van der Waals surface area contributed by atoms with E-state index in [2.05, 4.69) is 15.8 Å². The number of rotatable bonds is 6. The van der Waals surface area contributed by atoms with E-state index in [1.807, 2.05) is 0 Å². The minimum atomic E-state index is -1.36. The molecule has 1 aromatic heterocycles. The summed E-state index contributed by atoms with van der Waals surface area (Å²) in [5.41, 5.74) is 6.25. The molecule has 0 saturated heterocycles. The predicted molar refractivity (Wildman–Crippen MR) is 66.6 cm³/mol. The summed E-state index contributed by atoms with van der Waals surface area (Å²) in [5, 5.41) is 17.2. The first kappa shape index (κ1) is 15.5. The maximum Gasteiger partial charge on any atom is 0.326 e. The van der Waals surface area contributed by atoms with Crippen LogP contribution in [0.2, 0.25) is 0 Å². The summed E-state index contributed by atoms with van der Waals surface area (Å²) in [5.74, 6) is -1.59. The molecule has 5 N–H and O–H groups in total. The standard InChI is InChI=1S/C11H16N4O5/c1-5-7(6(2)20-15-5)4-13-11(19)14-8(10(17)18)3-9(12)16/h8H,3-4H2,1-2H3,(H2,12,16)(H,17,18)(H2,13,14,19)/t8-/m0/s1. The smallest absolute Gasteiger partial charge is 0.326 e. The van der Waals surface area contributed by atoms with E-state index >= 15 is 0 Å². The van der Waals surface area contributed by atoms with Crippen molar-refractivity contribution in [1.82, 2.24) is 15.8 Å². The van der Waals surface area contributed by atoms with Crippen molar-refractivity contribution in [1.29, 1.82) is 0 Å². The van der Waals surface area contributed by atoms with Gasteiger partial charge >= 0.3 is 12.0 Å². The Balaban J connectivity index is 2.54. The van der Waals surface area contributed by atoms with Crippen LogP contribution in [0.25, 0.3) is 0 Å². The zero-order valence-electron chi connectivity index (χ0n) is 11.1. The van der Waals surface area contributed by atoms with Crippen molar-refractivity contribution in [3.63, 3.8) is 0 Å². The Bertz CT molecular complexity index is 505. The van der Waals surface area contributed by atoms with Gasteiger partial charge < -0.3 is 26.0 Å². The van der Waals surface area contributed by atoms with Crippen LogP contribution in [0, 0.1) is 13.8 Å². The molecule has 0 aliphatic rings. The van der Waals surface area contributed by atoms with Crippen molar-refractivity contribution in [3.05, 3.63) is 17.0 Å². The molecule has 3 amide bonds. The molecule has 1 aromatic rings. The summed E-state index contributed by atoms with van der Waals surface area (Å²) in [4.78, 5) is 33.1. The van der Waals surface area contributed by atoms with Crippen molar-refractivity contribution in [2.45, 2.75) is 32.9 Å². The first-order chi connectivity index (χ1) is 9.31. The fourth-order valence-electron chi connectivity index (χ4n) is 1.53. The Labute approximate surface area is 114 Å². The van der Waals surface area contributed by atoms with E-state index in [4.69, 9.17) is 15.4 Å². The van der Waals surface area contributed by atoms with Crippen LogP contribution in [0.1, 0.15) is 23.4 Å². The van der Waals surface area contributed by atoms with Gasteiger partial charge in [-0.25, -0.2) is 9.59 Å². The van der Waals surface area contributed by atoms with Crippen LogP contribution < -0.4 is 16.4 Å². The lowest BCUT2D eigenvalue weighted by Crippen LogP contribution is -2.47. The Morgan fingerprint density at radius 3 is 2.50 bits per heavy atom. The number of aliphatic carboxylic acids is 1. The summed E-state index contributed by atoms with van der Waals surface area (Å²) >= 11 is 0. The van der Waals surface area contributed by atoms with Gasteiger partial charge in [-0.05, 0) is 13.8 Å². The first-order valence-electron chi connectivity index (χ1n) is 5.78. The van der Waals surface area contributed by atoms with Crippen LogP contribution in [0.3, 0.4) is 0 Å². The fourth-order valence-corrected chi connectivity index (χ4v) is 1.53. The highest BCUT2D eigenvalue weighted by Crippen LogP contribution is 2.11. The molecule has 0 unspecified atom stereocenters. The number of carboxylic acid groups (broad SMARTS) is 1. The van der Waals surface area contributed by atoms with E-state index in [1.165, 1.54) is 0 Å². The number of carbonyl (C=O) groups excluding carboxylic acids is 2. The number of aromatic nitrogens is 1. The van der Waals surface area contributed by atoms with Crippen molar-refractivity contribution >= 4 is 17.9 Å². The predicted octanol–water partition coefficient (Wildman–Crippen LogP) is -0.581. The largest absolute Gasteiger partial charge is 0.480 e. The average Bonchev–Trinajstić information content (AvgIpc) is 2.65. The van der Waals surface area contributed by atoms with Gasteiger partial charge in [0.2, 0.25) is 5.91 Å². The second-order valence-electron chi connectivity index (χ2n) is 4.19. The number of aryl methyl sites for hydroxylation is 2. The summed E-state index contributed by atoms with van der Waals surface area (Å²) in [6, 6.07) is -2.09. The highest BCUT2D eigenvalue weighted by molar-refractivity contribution is 5.87. The van der Waals surface area contributed by atoms with Gasteiger partial charge in [-0.3, -0.25) is 4.79 Å². The lowest BCUT2D eigenvalue weighted by atomic mass is 10.2. The SMILES string of the molecule is Cc1noc(C)c1CNC(=O)N[C@@H](CC(N)=O)C(=O)O. The van der Waals surface area contributed by atoms with E-state index in [9.17, 15) is 14.4 Å². The van der Waals surface area contributed by atoms with Gasteiger partial charge in [0.15, 0.2) is 0 Å². The fraction of sp³-hybridized carbons (Fsp3) is 0.455. The number of urea groups is 1. The normalized spacial score (nSPS) is 11.7. The van der Waals surface area contributed by atoms with Gasteiger partial charge in [-0.2, -0.15) is 0 Å². The van der Waals surface area contributed by atoms with Crippen molar-refractivity contribution < 1.29 is 24.0 Å². The average molecular weight is 284 g/mol. The van der Waals surface area contributed by atoms with Crippen LogP contribution in [-0.4, -0.2) is 34.2 Å². The van der Waals surface area contributed by atoms with E-state index in [0.29, 0.717) is 17.0 Å². The first-order valence-corrected chi connectivity index (χ1v) is 5.78. The third-order valence-electron chi connectivity index (χ3n) is 2.62. The number of nitrogens with one attached hydrogen (secondary N) is 2. The second kappa shape index (κ2) is 6.55. The van der Waals surface area contributed by atoms with Gasteiger partial charge in [0, 0.05) is 12.1 Å². The van der Waals surface area contributed by atoms with Crippen molar-refractivity contribution in [2.75, 3.05) is 0 Å². The van der Waals surface area contributed by atoms with Gasteiger partial charge in [0.05, 0.1) is 12.1 Å². The molecule has 0 saturated carbocycles. The maximum absolute atomic E-state index is 11.6. The Morgan fingerprint density at radius 2 is 2.05 bits per heavy atom. The van der Waals surface area contributed by atoms with E-state index in [-0.39, 0.29) is 6.54 Å². The quantitative estimate of drug-likeness (QED) is 0.549. The van der Waals surface area contributed by atoms with Crippen LogP contribution in [0.15, 0.2) is 4.52 Å². The number of primary amides is 1. The molecule has 0 aromatic carbocycles. The van der Waals surface area contributed by atoms with E-state index in [1.54, 1.807) is 13.8 Å². The molecule has 1 heterocycles. The molecule has 0 bridgehead atoms. The molecule has 0 aliphatic carbocycles. The molecule has 110 valence electrons. The molecular formula is C11H16N4O5. The van der Waals surface area contributed by atoms with Crippen LogP contribution >= 0.6 is 0 Å². The highest BCUT2D eigenvalue weighted by atomic mass is 16.5. The molecule has 1 atom stereocenters. The molecular weight excluding hydrogens is 268 g/mol. The number of nitrogens with zero attached hydrogens (tertiary/aromatic N) is 1. The minimum Gasteiger partial charge on any atom is -0.480 e. The summed E-state index contributed by atoms with van der Waals surface area (Å²) in [6.07, 6.45) is -0.478. The number of hydrogen-bond donors (Lipinski definition) is 4. The second-order valence-corrected chi connectivity index (χ2v) is 4.19. The molecule has 0 fully saturated rings. The zero-order valence-corrected chi connectivity index (χ0v) is 11.1.